The van der Waals surface area contributed by atoms with Crippen LogP contribution in [0, 0.1) is 0 Å². The highest BCUT2D eigenvalue weighted by Gasteiger charge is 2.16. The maximum Gasteiger partial charge on any atom is 0.160 e. The standard InChI is InChI=1S/C46H31N3/c1-4-13-32(14-5-1)33-23-25-34(26-24-33)43-30-44(48-46(47-43)35-15-6-2-7-16-35)39-20-12-19-38(27-39)42-31-49(40-21-8-3-9-22-40)45-29-37-18-11-10-17-36(37)28-41(42)45/h1-31H. The van der Waals surface area contributed by atoms with Crippen LogP contribution in [-0.4, -0.2) is 14.5 Å². The molecule has 0 aliphatic carbocycles. The molecule has 9 rings (SSSR count). The Morgan fingerprint density at radius 3 is 1.61 bits per heavy atom. The summed E-state index contributed by atoms with van der Waals surface area (Å²) in [6, 6.07) is 64.0. The molecule has 0 fully saturated rings. The Bertz CT molecular complexity index is 2570. The Labute approximate surface area is 285 Å². The van der Waals surface area contributed by atoms with Crippen LogP contribution in [0.3, 0.4) is 0 Å². The van der Waals surface area contributed by atoms with Crippen molar-refractivity contribution < 1.29 is 0 Å². The molecule has 0 spiro atoms. The first-order valence-electron chi connectivity index (χ1n) is 16.6. The number of rotatable bonds is 6. The van der Waals surface area contributed by atoms with Gasteiger partial charge in [0.05, 0.1) is 16.9 Å². The minimum Gasteiger partial charge on any atom is -0.316 e. The van der Waals surface area contributed by atoms with Gasteiger partial charge in [0.2, 0.25) is 0 Å². The first kappa shape index (κ1) is 28.6. The summed E-state index contributed by atoms with van der Waals surface area (Å²) in [5.41, 5.74) is 11.9. The minimum absolute atomic E-state index is 0.706. The van der Waals surface area contributed by atoms with Gasteiger partial charge in [0.1, 0.15) is 0 Å². The van der Waals surface area contributed by atoms with Gasteiger partial charge in [-0.3, -0.25) is 0 Å². The molecule has 0 saturated carbocycles. The van der Waals surface area contributed by atoms with E-state index in [1.165, 1.54) is 38.4 Å². The highest BCUT2D eigenvalue weighted by Crippen LogP contribution is 2.37. The van der Waals surface area contributed by atoms with Crippen molar-refractivity contribution in [2.45, 2.75) is 0 Å². The minimum atomic E-state index is 0.706. The second-order valence-electron chi connectivity index (χ2n) is 12.3. The fourth-order valence-corrected chi connectivity index (χ4v) is 6.71. The van der Waals surface area contributed by atoms with Crippen LogP contribution >= 0.6 is 0 Å². The van der Waals surface area contributed by atoms with Crippen molar-refractivity contribution >= 4 is 21.7 Å². The first-order chi connectivity index (χ1) is 24.3. The van der Waals surface area contributed by atoms with Gasteiger partial charge in [0.25, 0.3) is 0 Å². The van der Waals surface area contributed by atoms with E-state index in [1.54, 1.807) is 0 Å². The molecule has 2 aromatic heterocycles. The van der Waals surface area contributed by atoms with E-state index in [9.17, 15) is 0 Å². The van der Waals surface area contributed by atoms with Crippen molar-refractivity contribution in [2.75, 3.05) is 0 Å². The van der Waals surface area contributed by atoms with Crippen LogP contribution in [0.5, 0.6) is 0 Å². The number of fused-ring (bicyclic) bond motifs is 2. The van der Waals surface area contributed by atoms with Gasteiger partial charge in [0.15, 0.2) is 5.82 Å². The highest BCUT2D eigenvalue weighted by atomic mass is 15.0. The maximum absolute atomic E-state index is 5.14. The van der Waals surface area contributed by atoms with Crippen molar-refractivity contribution in [1.82, 2.24) is 14.5 Å². The fraction of sp³-hybridized carbons (Fsp3) is 0. The summed E-state index contributed by atoms with van der Waals surface area (Å²) in [5, 5.41) is 3.67. The molecule has 49 heavy (non-hydrogen) atoms. The Kier molecular flexibility index (Phi) is 7.14. The molecule has 0 unspecified atom stereocenters. The quantitative estimate of drug-likeness (QED) is 0.184. The molecule has 0 atom stereocenters. The molecule has 3 nitrogen and oxygen atoms in total. The molecule has 0 N–H and O–H groups in total. The second-order valence-corrected chi connectivity index (χ2v) is 12.3. The molecule has 0 radical (unpaired) electrons. The van der Waals surface area contributed by atoms with Crippen molar-refractivity contribution in [3.05, 3.63) is 188 Å². The topological polar surface area (TPSA) is 30.7 Å². The summed E-state index contributed by atoms with van der Waals surface area (Å²) >= 11 is 0. The van der Waals surface area contributed by atoms with Crippen LogP contribution in [0.15, 0.2) is 188 Å². The molecular formula is C46H31N3. The summed E-state index contributed by atoms with van der Waals surface area (Å²) in [6.45, 7) is 0. The van der Waals surface area contributed by atoms with Gasteiger partial charge in [-0.15, -0.1) is 0 Å². The molecule has 0 bridgehead atoms. The van der Waals surface area contributed by atoms with E-state index in [4.69, 9.17) is 9.97 Å². The van der Waals surface area contributed by atoms with Crippen molar-refractivity contribution in [3.63, 3.8) is 0 Å². The Morgan fingerprint density at radius 2 is 0.898 bits per heavy atom. The summed E-state index contributed by atoms with van der Waals surface area (Å²) in [5.74, 6) is 0.706. The first-order valence-corrected chi connectivity index (χ1v) is 16.6. The van der Waals surface area contributed by atoms with E-state index >= 15 is 0 Å². The molecule has 3 heteroatoms. The summed E-state index contributed by atoms with van der Waals surface area (Å²) in [7, 11) is 0. The van der Waals surface area contributed by atoms with E-state index < -0.39 is 0 Å². The second kappa shape index (κ2) is 12.2. The highest BCUT2D eigenvalue weighted by molar-refractivity contribution is 6.05. The maximum atomic E-state index is 5.14. The molecular weight excluding hydrogens is 595 g/mol. The molecule has 9 aromatic rings. The van der Waals surface area contributed by atoms with Crippen LogP contribution in [-0.2, 0) is 0 Å². The van der Waals surface area contributed by atoms with Crippen LogP contribution < -0.4 is 0 Å². The van der Waals surface area contributed by atoms with Crippen LogP contribution in [0.2, 0.25) is 0 Å². The molecule has 2 heterocycles. The lowest BCUT2D eigenvalue weighted by Gasteiger charge is -2.11. The lowest BCUT2D eigenvalue weighted by Crippen LogP contribution is -1.96. The zero-order valence-electron chi connectivity index (χ0n) is 26.7. The SMILES string of the molecule is c1ccc(-c2ccc(-c3cc(-c4cccc(-c5cn(-c6ccccc6)c6cc7ccccc7cc56)c4)nc(-c4ccccc4)n3)cc2)cc1. The molecule has 0 aliphatic rings. The van der Waals surface area contributed by atoms with Crippen LogP contribution in [0.1, 0.15) is 0 Å². The summed E-state index contributed by atoms with van der Waals surface area (Å²) in [6.07, 6.45) is 2.27. The third-order valence-corrected chi connectivity index (χ3v) is 9.22. The molecule has 0 aliphatic heterocycles. The number of nitrogens with zero attached hydrogens (tertiary/aromatic N) is 3. The van der Waals surface area contributed by atoms with E-state index in [0.717, 1.165) is 39.3 Å². The van der Waals surface area contributed by atoms with Gasteiger partial charge in [-0.2, -0.15) is 0 Å². The summed E-state index contributed by atoms with van der Waals surface area (Å²) in [4.78, 5) is 10.2. The van der Waals surface area contributed by atoms with Crippen molar-refractivity contribution in [2.24, 2.45) is 0 Å². The van der Waals surface area contributed by atoms with Crippen LogP contribution in [0.4, 0.5) is 0 Å². The molecule has 230 valence electrons. The average Bonchev–Trinajstić information content (AvgIpc) is 3.56. The monoisotopic (exact) mass is 625 g/mol. The number of hydrogen-bond acceptors (Lipinski definition) is 2. The third kappa shape index (κ3) is 5.48. The van der Waals surface area contributed by atoms with Gasteiger partial charge in [-0.1, -0.05) is 146 Å². The van der Waals surface area contributed by atoms with Gasteiger partial charge in [0, 0.05) is 39.5 Å². The largest absolute Gasteiger partial charge is 0.316 e. The number of aromatic nitrogens is 3. The zero-order valence-corrected chi connectivity index (χ0v) is 26.7. The van der Waals surface area contributed by atoms with Gasteiger partial charge >= 0.3 is 0 Å². The molecule has 7 aromatic carbocycles. The predicted octanol–water partition coefficient (Wildman–Crippen LogP) is 11.9. The third-order valence-electron chi connectivity index (χ3n) is 9.22. The zero-order chi connectivity index (χ0) is 32.6. The van der Waals surface area contributed by atoms with Gasteiger partial charge in [-0.25, -0.2) is 9.97 Å². The van der Waals surface area contributed by atoms with Crippen LogP contribution in [0.25, 0.3) is 83.5 Å². The van der Waals surface area contributed by atoms with E-state index in [2.05, 4.69) is 168 Å². The Morgan fingerprint density at radius 1 is 0.367 bits per heavy atom. The number of para-hydroxylation sites is 1. The van der Waals surface area contributed by atoms with Gasteiger partial charge < -0.3 is 4.57 Å². The van der Waals surface area contributed by atoms with E-state index in [-0.39, 0.29) is 0 Å². The van der Waals surface area contributed by atoms with E-state index in [1.807, 2.05) is 24.3 Å². The molecule has 0 amide bonds. The predicted molar refractivity (Wildman–Crippen MR) is 204 cm³/mol. The molecule has 0 saturated heterocycles. The number of hydrogen-bond donors (Lipinski definition) is 0. The summed E-state index contributed by atoms with van der Waals surface area (Å²) < 4.78 is 2.30. The lowest BCUT2D eigenvalue weighted by molar-refractivity contribution is 1.13. The Hall–Kier alpha value is -6.58. The van der Waals surface area contributed by atoms with Gasteiger partial charge in [-0.05, 0) is 63.9 Å². The fourth-order valence-electron chi connectivity index (χ4n) is 6.71. The van der Waals surface area contributed by atoms with Crippen molar-refractivity contribution in [3.8, 4) is 61.8 Å². The smallest absolute Gasteiger partial charge is 0.160 e. The Balaban J connectivity index is 1.19. The van der Waals surface area contributed by atoms with Crippen molar-refractivity contribution in [1.29, 1.82) is 0 Å². The lowest BCUT2D eigenvalue weighted by atomic mass is 9.98. The number of benzene rings is 7. The average molecular weight is 626 g/mol. The normalized spacial score (nSPS) is 11.3. The van der Waals surface area contributed by atoms with E-state index in [0.29, 0.717) is 5.82 Å².